The normalized spacial score (nSPS) is 10.6. The summed E-state index contributed by atoms with van der Waals surface area (Å²) in [5.74, 6) is 0.596. The summed E-state index contributed by atoms with van der Waals surface area (Å²) in [5, 5.41) is 5.65. The molecule has 1 N–H and O–H groups in total. The Labute approximate surface area is 172 Å². The van der Waals surface area contributed by atoms with Gasteiger partial charge in [-0.3, -0.25) is 0 Å². The highest BCUT2D eigenvalue weighted by Gasteiger charge is 2.07. The molecule has 0 aliphatic heterocycles. The van der Waals surface area contributed by atoms with E-state index in [2.05, 4.69) is 5.32 Å². The Morgan fingerprint density at radius 2 is 1.58 bits per heavy atom. The predicted molar refractivity (Wildman–Crippen MR) is 111 cm³/mol. The van der Waals surface area contributed by atoms with E-state index in [-0.39, 0.29) is 0 Å². The molecule has 0 aliphatic rings. The molecule has 0 saturated heterocycles. The van der Waals surface area contributed by atoms with Crippen LogP contribution < -0.4 is 10.1 Å². The number of para-hydroxylation sites is 1. The largest absolute Gasteiger partial charge is 0.487 e. The van der Waals surface area contributed by atoms with E-state index in [1.54, 1.807) is 12.1 Å². The van der Waals surface area contributed by atoms with Gasteiger partial charge in [0.1, 0.15) is 12.4 Å². The molecule has 0 amide bonds. The SMILES string of the molecule is Clc1ccc(COc2ccc(CNc3ccccc3Cl)cc2Cl)c(Cl)c1. The third-order valence-corrected chi connectivity index (χ3v) is 4.96. The zero-order valence-corrected chi connectivity index (χ0v) is 16.6. The summed E-state index contributed by atoms with van der Waals surface area (Å²) in [5.41, 5.74) is 2.74. The molecule has 0 atom stereocenters. The Morgan fingerprint density at radius 3 is 2.31 bits per heavy atom. The van der Waals surface area contributed by atoms with Gasteiger partial charge in [0.15, 0.2) is 0 Å². The van der Waals surface area contributed by atoms with Crippen LogP contribution in [-0.2, 0) is 13.2 Å². The number of ether oxygens (including phenoxy) is 1. The lowest BCUT2D eigenvalue weighted by Crippen LogP contribution is -2.01. The first kappa shape index (κ1) is 19.2. The molecule has 3 aromatic carbocycles. The van der Waals surface area contributed by atoms with E-state index in [1.165, 1.54) is 0 Å². The van der Waals surface area contributed by atoms with E-state index in [9.17, 15) is 0 Å². The molecule has 0 spiro atoms. The van der Waals surface area contributed by atoms with Crippen molar-refractivity contribution in [2.45, 2.75) is 13.2 Å². The van der Waals surface area contributed by atoms with Crippen LogP contribution in [0.3, 0.4) is 0 Å². The minimum Gasteiger partial charge on any atom is -0.487 e. The molecule has 0 bridgehead atoms. The summed E-state index contributed by atoms with van der Waals surface area (Å²) in [6.07, 6.45) is 0. The van der Waals surface area contributed by atoms with Crippen molar-refractivity contribution in [2.24, 2.45) is 0 Å². The number of benzene rings is 3. The first-order valence-electron chi connectivity index (χ1n) is 7.86. The molecular weight excluding hydrogens is 412 g/mol. The molecule has 6 heteroatoms. The van der Waals surface area contributed by atoms with E-state index < -0.39 is 0 Å². The number of hydrogen-bond donors (Lipinski definition) is 1. The lowest BCUT2D eigenvalue weighted by molar-refractivity contribution is 0.306. The summed E-state index contributed by atoms with van der Waals surface area (Å²) in [4.78, 5) is 0. The highest BCUT2D eigenvalue weighted by molar-refractivity contribution is 6.35. The van der Waals surface area contributed by atoms with Gasteiger partial charge in [0.2, 0.25) is 0 Å². The minimum atomic E-state index is 0.312. The van der Waals surface area contributed by atoms with Crippen LogP contribution in [0, 0.1) is 0 Å². The predicted octanol–water partition coefficient (Wildman–Crippen LogP) is 7.49. The zero-order chi connectivity index (χ0) is 18.5. The third kappa shape index (κ3) is 4.99. The average molecular weight is 427 g/mol. The number of anilines is 1. The van der Waals surface area contributed by atoms with Crippen molar-refractivity contribution in [2.75, 3.05) is 5.32 Å². The number of halogens is 4. The van der Waals surface area contributed by atoms with Crippen LogP contribution in [0.15, 0.2) is 60.7 Å². The number of nitrogens with one attached hydrogen (secondary N) is 1. The Hall–Kier alpha value is -1.58. The van der Waals surface area contributed by atoms with Gasteiger partial charge in [0.05, 0.1) is 15.7 Å². The van der Waals surface area contributed by atoms with Gasteiger partial charge in [-0.15, -0.1) is 0 Å². The fraction of sp³-hybridized carbons (Fsp3) is 0.100. The summed E-state index contributed by atoms with van der Waals surface area (Å²) in [7, 11) is 0. The Balaban J connectivity index is 1.63. The monoisotopic (exact) mass is 425 g/mol. The van der Waals surface area contributed by atoms with E-state index in [0.29, 0.717) is 39.0 Å². The molecule has 0 heterocycles. The third-order valence-electron chi connectivity index (χ3n) is 3.75. The average Bonchev–Trinajstić information content (AvgIpc) is 2.61. The maximum absolute atomic E-state index is 6.34. The van der Waals surface area contributed by atoms with Crippen molar-refractivity contribution < 1.29 is 4.74 Å². The van der Waals surface area contributed by atoms with Crippen molar-refractivity contribution in [1.82, 2.24) is 0 Å². The standard InChI is InChI=1S/C20H15Cl4NO/c21-15-7-6-14(17(23)10-15)12-26-20-8-5-13(9-18(20)24)11-25-19-4-2-1-3-16(19)22/h1-10,25H,11-12H2. The summed E-state index contributed by atoms with van der Waals surface area (Å²) < 4.78 is 5.78. The van der Waals surface area contributed by atoms with Crippen LogP contribution >= 0.6 is 46.4 Å². The number of rotatable bonds is 6. The lowest BCUT2D eigenvalue weighted by Gasteiger charge is -2.12. The molecule has 26 heavy (non-hydrogen) atoms. The van der Waals surface area contributed by atoms with Gasteiger partial charge < -0.3 is 10.1 Å². The second-order valence-electron chi connectivity index (χ2n) is 5.62. The first-order chi connectivity index (χ1) is 12.5. The first-order valence-corrected chi connectivity index (χ1v) is 9.37. The second-order valence-corrected chi connectivity index (χ2v) is 7.28. The maximum atomic E-state index is 6.34. The Morgan fingerprint density at radius 1 is 0.769 bits per heavy atom. The zero-order valence-electron chi connectivity index (χ0n) is 13.6. The molecule has 0 aliphatic carbocycles. The maximum Gasteiger partial charge on any atom is 0.138 e. The molecular formula is C20H15Cl4NO. The molecule has 134 valence electrons. The van der Waals surface area contributed by atoms with Gasteiger partial charge >= 0.3 is 0 Å². The van der Waals surface area contributed by atoms with Gasteiger partial charge in [-0.25, -0.2) is 0 Å². The molecule has 3 aromatic rings. The fourth-order valence-corrected chi connectivity index (χ4v) is 3.29. The van der Waals surface area contributed by atoms with Gasteiger partial charge in [-0.05, 0) is 42.0 Å². The number of hydrogen-bond acceptors (Lipinski definition) is 2. The van der Waals surface area contributed by atoms with Crippen LogP contribution in [0.2, 0.25) is 20.1 Å². The Bertz CT molecular complexity index is 914. The van der Waals surface area contributed by atoms with Crippen molar-refractivity contribution >= 4 is 52.1 Å². The molecule has 0 radical (unpaired) electrons. The van der Waals surface area contributed by atoms with E-state index in [1.807, 2.05) is 48.5 Å². The smallest absolute Gasteiger partial charge is 0.138 e. The van der Waals surface area contributed by atoms with Crippen LogP contribution in [0.1, 0.15) is 11.1 Å². The second kappa shape index (κ2) is 8.88. The molecule has 2 nitrogen and oxygen atoms in total. The van der Waals surface area contributed by atoms with Crippen LogP contribution in [0.25, 0.3) is 0 Å². The van der Waals surface area contributed by atoms with Crippen LogP contribution in [0.4, 0.5) is 5.69 Å². The highest BCUT2D eigenvalue weighted by atomic mass is 35.5. The minimum absolute atomic E-state index is 0.312. The van der Waals surface area contributed by atoms with E-state index in [0.717, 1.165) is 16.8 Å². The van der Waals surface area contributed by atoms with Gasteiger partial charge in [0, 0.05) is 22.2 Å². The van der Waals surface area contributed by atoms with Crippen LogP contribution in [-0.4, -0.2) is 0 Å². The molecule has 0 fully saturated rings. The van der Waals surface area contributed by atoms with Gasteiger partial charge in [-0.2, -0.15) is 0 Å². The molecule has 0 unspecified atom stereocenters. The molecule has 0 aromatic heterocycles. The topological polar surface area (TPSA) is 21.3 Å². The van der Waals surface area contributed by atoms with E-state index in [4.69, 9.17) is 51.1 Å². The van der Waals surface area contributed by atoms with Crippen molar-refractivity contribution in [3.8, 4) is 5.75 Å². The van der Waals surface area contributed by atoms with Crippen LogP contribution in [0.5, 0.6) is 5.75 Å². The molecule has 0 saturated carbocycles. The highest BCUT2D eigenvalue weighted by Crippen LogP contribution is 2.29. The fourth-order valence-electron chi connectivity index (χ4n) is 2.37. The van der Waals surface area contributed by atoms with E-state index >= 15 is 0 Å². The summed E-state index contributed by atoms with van der Waals surface area (Å²) >= 11 is 24.5. The van der Waals surface area contributed by atoms with Crippen molar-refractivity contribution in [1.29, 1.82) is 0 Å². The quantitative estimate of drug-likeness (QED) is 0.440. The van der Waals surface area contributed by atoms with Gasteiger partial charge in [0.25, 0.3) is 0 Å². The van der Waals surface area contributed by atoms with Crippen molar-refractivity contribution in [3.05, 3.63) is 91.9 Å². The molecule has 3 rings (SSSR count). The Kier molecular flexibility index (Phi) is 6.55. The van der Waals surface area contributed by atoms with Gasteiger partial charge in [-0.1, -0.05) is 70.7 Å². The summed E-state index contributed by atoms with van der Waals surface area (Å²) in [6.45, 7) is 0.916. The van der Waals surface area contributed by atoms with Crippen molar-refractivity contribution in [3.63, 3.8) is 0 Å². The lowest BCUT2D eigenvalue weighted by atomic mass is 10.2. The summed E-state index contributed by atoms with van der Waals surface area (Å²) in [6, 6.07) is 18.6.